The highest BCUT2D eigenvalue weighted by Gasteiger charge is 2.30. The fourth-order valence-corrected chi connectivity index (χ4v) is 4.23. The maximum atomic E-state index is 14.9. The molecule has 7 nitrogen and oxygen atoms in total. The van der Waals surface area contributed by atoms with Crippen molar-refractivity contribution in [3.8, 4) is 11.3 Å². The van der Waals surface area contributed by atoms with Gasteiger partial charge in [-0.15, -0.1) is 0 Å². The summed E-state index contributed by atoms with van der Waals surface area (Å²) in [6, 6.07) is 4.38. The van der Waals surface area contributed by atoms with Crippen LogP contribution in [0.3, 0.4) is 0 Å². The minimum Gasteiger partial charge on any atom is -0.373 e. The van der Waals surface area contributed by atoms with Crippen LogP contribution in [0.5, 0.6) is 0 Å². The second-order valence-corrected chi connectivity index (χ2v) is 8.67. The molecule has 34 heavy (non-hydrogen) atoms. The number of hydrogen-bond acceptors (Lipinski definition) is 6. The molecule has 0 saturated carbocycles. The number of nitrogens with zero attached hydrogens (tertiary/aromatic N) is 6. The van der Waals surface area contributed by atoms with Gasteiger partial charge in [-0.25, -0.2) is 29.0 Å². The van der Waals surface area contributed by atoms with E-state index in [2.05, 4.69) is 20.1 Å². The van der Waals surface area contributed by atoms with E-state index in [9.17, 15) is 13.2 Å². The van der Waals surface area contributed by atoms with Gasteiger partial charge in [0.25, 0.3) is 0 Å². The number of fused-ring (bicyclic) bond motifs is 1. The van der Waals surface area contributed by atoms with Gasteiger partial charge >= 0.3 is 6.55 Å². The average Bonchev–Trinajstić information content (AvgIpc) is 3.31. The Balaban J connectivity index is 1.58. The summed E-state index contributed by atoms with van der Waals surface area (Å²) in [4.78, 5) is 18.6. The molecular weight excluding hydrogens is 469 g/mol. The summed E-state index contributed by atoms with van der Waals surface area (Å²) in [6.45, 7) is 1.32. The first-order chi connectivity index (χ1) is 16.3. The fraction of sp³-hybridized carbons (Fsp3) is 0.348. The lowest BCUT2D eigenvalue weighted by Gasteiger charge is -2.28. The second kappa shape index (κ2) is 8.92. The molecule has 0 N–H and O–H groups in total. The topological polar surface area (TPSA) is 78.6 Å². The van der Waals surface area contributed by atoms with E-state index in [-0.39, 0.29) is 16.5 Å². The molecule has 1 aromatic carbocycles. The summed E-state index contributed by atoms with van der Waals surface area (Å²) in [6.07, 6.45) is 3.30. The third-order valence-electron chi connectivity index (χ3n) is 5.99. The molecule has 0 aliphatic carbocycles. The van der Waals surface area contributed by atoms with Crippen LogP contribution in [-0.2, 0) is 4.74 Å². The van der Waals surface area contributed by atoms with Gasteiger partial charge in [0.2, 0.25) is 0 Å². The van der Waals surface area contributed by atoms with E-state index in [1.807, 2.05) is 13.8 Å². The zero-order valence-corrected chi connectivity index (χ0v) is 19.1. The molecule has 0 bridgehead atoms. The molecule has 1 saturated heterocycles. The Kier molecular flexibility index (Phi) is 5.95. The van der Waals surface area contributed by atoms with Crippen molar-refractivity contribution in [3.63, 3.8) is 0 Å². The van der Waals surface area contributed by atoms with Crippen LogP contribution in [0.25, 0.3) is 22.4 Å². The summed E-state index contributed by atoms with van der Waals surface area (Å²) >= 11 is 5.95. The SMILES string of the molecule is Cc1nc2nc([C@@H]3CCO[C@@H](c4cnn(C(F)F)c4)C3)nc(-c3ccc(Cl)cc3F)c2nc1C. The molecule has 1 fully saturated rings. The van der Waals surface area contributed by atoms with Gasteiger partial charge in [0.1, 0.15) is 22.9 Å². The van der Waals surface area contributed by atoms with E-state index >= 15 is 0 Å². The largest absolute Gasteiger partial charge is 0.373 e. The fourth-order valence-electron chi connectivity index (χ4n) is 4.07. The standard InChI is InChI=1S/C23H20ClF3N6O/c1-11-12(2)30-22-20(29-11)19(16-4-3-15(24)8-17(16)25)31-21(32-22)13-5-6-34-18(7-13)14-9-28-33(10-14)23(26)27/h3-4,8-10,13,18,23H,5-7H2,1-2H3/t13-,18-/m1/s1. The molecule has 3 aromatic heterocycles. The number of aromatic nitrogens is 6. The highest BCUT2D eigenvalue weighted by Crippen LogP contribution is 2.38. The summed E-state index contributed by atoms with van der Waals surface area (Å²) < 4.78 is 47.2. The second-order valence-electron chi connectivity index (χ2n) is 8.23. The van der Waals surface area contributed by atoms with Crippen LogP contribution >= 0.6 is 11.6 Å². The molecule has 2 atom stereocenters. The predicted octanol–water partition coefficient (Wildman–Crippen LogP) is 5.72. The van der Waals surface area contributed by atoms with Crippen molar-refractivity contribution in [1.29, 1.82) is 0 Å². The highest BCUT2D eigenvalue weighted by atomic mass is 35.5. The molecule has 0 amide bonds. The Morgan fingerprint density at radius 1 is 1.12 bits per heavy atom. The van der Waals surface area contributed by atoms with Crippen molar-refractivity contribution in [2.24, 2.45) is 0 Å². The summed E-state index contributed by atoms with van der Waals surface area (Å²) in [5, 5.41) is 3.98. The normalized spacial score (nSPS) is 18.7. The molecular formula is C23H20ClF3N6O. The first kappa shape index (κ1) is 22.7. The molecule has 1 aliphatic rings. The van der Waals surface area contributed by atoms with Crippen LogP contribution in [0, 0.1) is 19.7 Å². The molecule has 1 aliphatic heterocycles. The smallest absolute Gasteiger partial charge is 0.333 e. The van der Waals surface area contributed by atoms with E-state index in [0.717, 1.165) is 0 Å². The van der Waals surface area contributed by atoms with Crippen molar-refractivity contribution >= 4 is 22.8 Å². The van der Waals surface area contributed by atoms with Crippen LogP contribution in [0.2, 0.25) is 5.02 Å². The number of rotatable bonds is 4. The third kappa shape index (κ3) is 4.23. The molecule has 5 rings (SSSR count). The Bertz CT molecular complexity index is 1380. The van der Waals surface area contributed by atoms with Gasteiger partial charge in [-0.2, -0.15) is 13.9 Å². The van der Waals surface area contributed by atoms with Crippen LogP contribution in [0.15, 0.2) is 30.6 Å². The zero-order chi connectivity index (χ0) is 24.0. The lowest BCUT2D eigenvalue weighted by Crippen LogP contribution is -2.20. The number of alkyl halides is 2. The third-order valence-corrected chi connectivity index (χ3v) is 6.22. The van der Waals surface area contributed by atoms with Gasteiger partial charge in [-0.3, -0.25) is 0 Å². The maximum absolute atomic E-state index is 14.9. The summed E-state index contributed by atoms with van der Waals surface area (Å²) in [5.74, 6) is -0.206. The Morgan fingerprint density at radius 3 is 2.65 bits per heavy atom. The first-order valence-corrected chi connectivity index (χ1v) is 11.1. The molecule has 176 valence electrons. The Labute approximate surface area is 198 Å². The Morgan fingerprint density at radius 2 is 1.91 bits per heavy atom. The lowest BCUT2D eigenvalue weighted by atomic mass is 9.92. The quantitative estimate of drug-likeness (QED) is 0.365. The van der Waals surface area contributed by atoms with Crippen LogP contribution < -0.4 is 0 Å². The van der Waals surface area contributed by atoms with Gasteiger partial charge in [-0.05, 0) is 44.9 Å². The Hall–Kier alpha value is -3.11. The van der Waals surface area contributed by atoms with Crippen molar-refractivity contribution < 1.29 is 17.9 Å². The summed E-state index contributed by atoms with van der Waals surface area (Å²) in [7, 11) is 0. The van der Waals surface area contributed by atoms with Gasteiger partial charge < -0.3 is 4.74 Å². The van der Waals surface area contributed by atoms with Crippen LogP contribution in [0.4, 0.5) is 13.2 Å². The molecule has 4 heterocycles. The van der Waals surface area contributed by atoms with E-state index in [1.165, 1.54) is 18.5 Å². The molecule has 0 unspecified atom stereocenters. The van der Waals surface area contributed by atoms with Gasteiger partial charge in [0, 0.05) is 34.9 Å². The van der Waals surface area contributed by atoms with Gasteiger partial charge in [0.05, 0.1) is 23.7 Å². The number of hydrogen-bond donors (Lipinski definition) is 0. The summed E-state index contributed by atoms with van der Waals surface area (Å²) in [5.41, 5.74) is 3.31. The number of aryl methyl sites for hydroxylation is 2. The van der Waals surface area contributed by atoms with Crippen molar-refractivity contribution in [2.75, 3.05) is 6.61 Å². The average molecular weight is 489 g/mol. The van der Waals surface area contributed by atoms with Crippen molar-refractivity contribution in [3.05, 3.63) is 64.2 Å². The van der Waals surface area contributed by atoms with Gasteiger partial charge in [0.15, 0.2) is 5.65 Å². The molecule has 0 radical (unpaired) electrons. The predicted molar refractivity (Wildman–Crippen MR) is 119 cm³/mol. The van der Waals surface area contributed by atoms with E-state index < -0.39 is 18.5 Å². The first-order valence-electron chi connectivity index (χ1n) is 10.7. The number of benzene rings is 1. The number of ether oxygens (including phenoxy) is 1. The number of halogens is 4. The molecule has 11 heteroatoms. The monoisotopic (exact) mass is 488 g/mol. The minimum atomic E-state index is -2.72. The molecule has 0 spiro atoms. The van der Waals surface area contributed by atoms with Gasteiger partial charge in [-0.1, -0.05) is 11.6 Å². The van der Waals surface area contributed by atoms with E-state index in [1.54, 1.807) is 12.1 Å². The minimum absolute atomic E-state index is 0.157. The lowest BCUT2D eigenvalue weighted by molar-refractivity contribution is 0.00350. The molecule has 4 aromatic rings. The van der Waals surface area contributed by atoms with Crippen LogP contribution in [0.1, 0.15) is 54.2 Å². The van der Waals surface area contributed by atoms with E-state index in [4.69, 9.17) is 21.3 Å². The van der Waals surface area contributed by atoms with E-state index in [0.29, 0.717) is 63.8 Å². The van der Waals surface area contributed by atoms with Crippen molar-refractivity contribution in [2.45, 2.75) is 45.3 Å². The van der Waals surface area contributed by atoms with Crippen LogP contribution in [-0.4, -0.2) is 36.3 Å². The maximum Gasteiger partial charge on any atom is 0.333 e. The van der Waals surface area contributed by atoms with Crippen molar-refractivity contribution in [1.82, 2.24) is 29.7 Å². The zero-order valence-electron chi connectivity index (χ0n) is 18.3. The highest BCUT2D eigenvalue weighted by molar-refractivity contribution is 6.30.